The molecule has 3 saturated heterocycles. The Bertz CT molecular complexity index is 742. The summed E-state index contributed by atoms with van der Waals surface area (Å²) >= 11 is 7.41. The molecule has 3 fully saturated rings. The number of hydrogen-bond donors (Lipinski definition) is 1. The third-order valence-corrected chi connectivity index (χ3v) is 6.19. The number of carbonyl (C=O) groups is 1. The molecule has 1 aromatic heterocycles. The van der Waals surface area contributed by atoms with E-state index in [1.54, 1.807) is 18.0 Å². The zero-order valence-electron chi connectivity index (χ0n) is 13.8. The average Bonchev–Trinajstić information content (AvgIpc) is 2.65. The lowest BCUT2D eigenvalue weighted by molar-refractivity contribution is 0.0620. The first-order chi connectivity index (χ1) is 12.2. The van der Waals surface area contributed by atoms with Crippen molar-refractivity contribution in [2.75, 3.05) is 19.6 Å². The van der Waals surface area contributed by atoms with Crippen molar-refractivity contribution in [1.29, 1.82) is 0 Å². The van der Waals surface area contributed by atoms with E-state index in [1.807, 2.05) is 36.4 Å². The zero-order chi connectivity index (χ0) is 17.2. The molecule has 3 aliphatic rings. The molecule has 1 N–H and O–H groups in total. The maximum absolute atomic E-state index is 12.5. The fourth-order valence-electron chi connectivity index (χ4n) is 3.60. The normalized spacial score (nSPS) is 24.9. The minimum Gasteiger partial charge on any atom is -0.348 e. The van der Waals surface area contributed by atoms with Crippen LogP contribution in [-0.4, -0.2) is 41.5 Å². The first-order valence-electron chi connectivity index (χ1n) is 8.60. The standard InChI is InChI=1S/C19H20ClN3OS/c20-15-3-6-18(21-11-15)25-16-4-1-14(2-5-16)19(24)22-17-12-23-9-7-13(17)8-10-23/h1-6,11,13,17H,7-10,12H2,(H,22,24)/t17-/m0/s1. The van der Waals surface area contributed by atoms with Gasteiger partial charge in [0.1, 0.15) is 5.03 Å². The molecule has 0 saturated carbocycles. The molecule has 4 nitrogen and oxygen atoms in total. The van der Waals surface area contributed by atoms with Crippen LogP contribution in [0.4, 0.5) is 0 Å². The molecule has 0 unspecified atom stereocenters. The molecule has 130 valence electrons. The number of benzene rings is 1. The number of hydrogen-bond acceptors (Lipinski definition) is 4. The molecule has 6 heteroatoms. The maximum atomic E-state index is 12.5. The van der Waals surface area contributed by atoms with Crippen LogP contribution in [0.2, 0.25) is 5.02 Å². The molecule has 2 bridgehead atoms. The molecule has 2 aromatic rings. The molecule has 1 aromatic carbocycles. The topological polar surface area (TPSA) is 45.2 Å². The van der Waals surface area contributed by atoms with Crippen LogP contribution < -0.4 is 5.32 Å². The SMILES string of the molecule is O=C(N[C@H]1CN2CCC1CC2)c1ccc(Sc2ccc(Cl)cn2)cc1. The summed E-state index contributed by atoms with van der Waals surface area (Å²) in [6.07, 6.45) is 4.04. The van der Waals surface area contributed by atoms with Crippen LogP contribution in [0.5, 0.6) is 0 Å². The van der Waals surface area contributed by atoms with Crippen LogP contribution in [0.15, 0.2) is 52.5 Å². The Kier molecular flexibility index (Phi) is 4.97. The lowest BCUT2D eigenvalue weighted by Crippen LogP contribution is -2.57. The van der Waals surface area contributed by atoms with Gasteiger partial charge in [-0.1, -0.05) is 23.4 Å². The van der Waals surface area contributed by atoms with Gasteiger partial charge < -0.3 is 10.2 Å². The van der Waals surface area contributed by atoms with Gasteiger partial charge in [0.25, 0.3) is 5.91 Å². The number of nitrogens with zero attached hydrogens (tertiary/aromatic N) is 2. The fraction of sp³-hybridized carbons (Fsp3) is 0.368. The molecule has 0 radical (unpaired) electrons. The van der Waals surface area contributed by atoms with Crippen LogP contribution in [0.1, 0.15) is 23.2 Å². The van der Waals surface area contributed by atoms with Gasteiger partial charge in [-0.05, 0) is 68.2 Å². The summed E-state index contributed by atoms with van der Waals surface area (Å²) in [6, 6.07) is 11.7. The number of halogens is 1. The van der Waals surface area contributed by atoms with Crippen molar-refractivity contribution in [3.8, 4) is 0 Å². The van der Waals surface area contributed by atoms with Crippen molar-refractivity contribution in [3.05, 3.63) is 53.2 Å². The second-order valence-electron chi connectivity index (χ2n) is 6.66. The number of pyridine rings is 1. The number of piperidine rings is 3. The Labute approximate surface area is 157 Å². The molecule has 3 aliphatic heterocycles. The van der Waals surface area contributed by atoms with E-state index in [4.69, 9.17) is 11.6 Å². The number of nitrogens with one attached hydrogen (secondary N) is 1. The zero-order valence-corrected chi connectivity index (χ0v) is 15.4. The van der Waals surface area contributed by atoms with Gasteiger partial charge in [-0.15, -0.1) is 0 Å². The van der Waals surface area contributed by atoms with E-state index in [-0.39, 0.29) is 5.91 Å². The van der Waals surface area contributed by atoms with Crippen molar-refractivity contribution < 1.29 is 4.79 Å². The van der Waals surface area contributed by atoms with E-state index in [2.05, 4.69) is 15.2 Å². The highest BCUT2D eigenvalue weighted by Crippen LogP contribution is 2.29. The molecule has 25 heavy (non-hydrogen) atoms. The van der Waals surface area contributed by atoms with Gasteiger partial charge >= 0.3 is 0 Å². The number of carbonyl (C=O) groups excluding carboxylic acids is 1. The van der Waals surface area contributed by atoms with Crippen molar-refractivity contribution in [1.82, 2.24) is 15.2 Å². The average molecular weight is 374 g/mol. The van der Waals surface area contributed by atoms with Crippen molar-refractivity contribution in [3.63, 3.8) is 0 Å². The summed E-state index contributed by atoms with van der Waals surface area (Å²) in [5, 5.41) is 4.74. The van der Waals surface area contributed by atoms with E-state index in [0.29, 0.717) is 22.5 Å². The maximum Gasteiger partial charge on any atom is 0.251 e. The van der Waals surface area contributed by atoms with Crippen molar-refractivity contribution in [2.45, 2.75) is 28.8 Å². The Morgan fingerprint density at radius 3 is 2.52 bits per heavy atom. The molecule has 1 amide bonds. The first-order valence-corrected chi connectivity index (χ1v) is 9.79. The van der Waals surface area contributed by atoms with Gasteiger partial charge in [-0.25, -0.2) is 4.98 Å². The summed E-state index contributed by atoms with van der Waals surface area (Å²) in [7, 11) is 0. The minimum atomic E-state index is 0.0277. The Balaban J connectivity index is 1.38. The number of amides is 1. The van der Waals surface area contributed by atoms with E-state index < -0.39 is 0 Å². The summed E-state index contributed by atoms with van der Waals surface area (Å²) < 4.78 is 0. The second-order valence-corrected chi connectivity index (χ2v) is 8.19. The number of aromatic nitrogens is 1. The van der Waals surface area contributed by atoms with E-state index in [1.165, 1.54) is 25.9 Å². The predicted octanol–water partition coefficient (Wildman–Crippen LogP) is 3.71. The molecular weight excluding hydrogens is 354 g/mol. The van der Waals surface area contributed by atoms with Gasteiger partial charge in [0.05, 0.1) is 5.02 Å². The summed E-state index contributed by atoms with van der Waals surface area (Å²) in [6.45, 7) is 3.36. The fourth-order valence-corrected chi connectivity index (χ4v) is 4.46. The molecular formula is C19H20ClN3OS. The van der Waals surface area contributed by atoms with E-state index in [9.17, 15) is 4.79 Å². The number of rotatable bonds is 4. The van der Waals surface area contributed by atoms with Crippen LogP contribution in [-0.2, 0) is 0 Å². The quantitative estimate of drug-likeness (QED) is 0.887. The molecule has 0 spiro atoms. The highest BCUT2D eigenvalue weighted by atomic mass is 35.5. The van der Waals surface area contributed by atoms with Gasteiger partial charge in [-0.3, -0.25) is 4.79 Å². The predicted molar refractivity (Wildman–Crippen MR) is 100 cm³/mol. The van der Waals surface area contributed by atoms with E-state index >= 15 is 0 Å². The largest absolute Gasteiger partial charge is 0.348 e. The van der Waals surface area contributed by atoms with Crippen LogP contribution in [0, 0.1) is 5.92 Å². The summed E-state index contributed by atoms with van der Waals surface area (Å²) in [5.74, 6) is 0.666. The van der Waals surface area contributed by atoms with Gasteiger partial charge in [0.2, 0.25) is 0 Å². The summed E-state index contributed by atoms with van der Waals surface area (Å²) in [4.78, 5) is 20.3. The lowest BCUT2D eigenvalue weighted by atomic mass is 9.84. The minimum absolute atomic E-state index is 0.0277. The lowest BCUT2D eigenvalue weighted by Gasteiger charge is -2.44. The van der Waals surface area contributed by atoms with Gasteiger partial charge in [-0.2, -0.15) is 0 Å². The third kappa shape index (κ3) is 4.00. The van der Waals surface area contributed by atoms with Crippen molar-refractivity contribution >= 4 is 29.3 Å². The highest BCUT2D eigenvalue weighted by Gasteiger charge is 2.34. The molecule has 5 rings (SSSR count). The first kappa shape index (κ1) is 16.9. The second kappa shape index (κ2) is 7.36. The van der Waals surface area contributed by atoms with Crippen LogP contribution in [0.25, 0.3) is 0 Å². The van der Waals surface area contributed by atoms with E-state index in [0.717, 1.165) is 16.5 Å². The molecule has 1 atom stereocenters. The molecule has 0 aliphatic carbocycles. The third-order valence-electron chi connectivity index (χ3n) is 5.01. The monoisotopic (exact) mass is 373 g/mol. The van der Waals surface area contributed by atoms with Crippen LogP contribution in [0.3, 0.4) is 0 Å². The smallest absolute Gasteiger partial charge is 0.251 e. The summed E-state index contributed by atoms with van der Waals surface area (Å²) in [5.41, 5.74) is 0.713. The number of fused-ring (bicyclic) bond motifs is 3. The highest BCUT2D eigenvalue weighted by molar-refractivity contribution is 7.99. The van der Waals surface area contributed by atoms with Crippen molar-refractivity contribution in [2.24, 2.45) is 5.92 Å². The van der Waals surface area contributed by atoms with Gasteiger partial charge in [0, 0.05) is 29.2 Å². The molecule has 4 heterocycles. The Hall–Kier alpha value is -1.56. The Morgan fingerprint density at radius 2 is 1.92 bits per heavy atom. The Morgan fingerprint density at radius 1 is 1.16 bits per heavy atom. The van der Waals surface area contributed by atoms with Gasteiger partial charge in [0.15, 0.2) is 0 Å². The van der Waals surface area contributed by atoms with Crippen LogP contribution >= 0.6 is 23.4 Å².